The smallest absolute Gasteiger partial charge is 0.269 e. The first-order valence-corrected chi connectivity index (χ1v) is 10.6. The summed E-state index contributed by atoms with van der Waals surface area (Å²) in [5, 5.41) is 18.0. The molecule has 0 saturated carbocycles. The number of nitro benzene ring substituents is 1. The minimum Gasteiger partial charge on any atom is -0.341 e. The Hall–Kier alpha value is -4.15. The van der Waals surface area contributed by atoms with Crippen LogP contribution in [0.5, 0.6) is 0 Å². The summed E-state index contributed by atoms with van der Waals surface area (Å²) in [7, 11) is 0. The lowest BCUT2D eigenvalue weighted by molar-refractivity contribution is -0.384. The molecule has 0 atom stereocenters. The standard InChI is InChI=1S/C22H23FN8O2/c23-19-8-4-3-7-16(19)15-24-29-21-26-20(25-17-9-11-18(12-10-17)31(32)33)27-22(28-21)30-13-5-1-2-6-14-30/h3-4,7-12,15H,1-2,5-6,13-14H2,(H2,25,26,27,28,29). The van der Waals surface area contributed by atoms with Crippen LogP contribution in [-0.2, 0) is 0 Å². The van der Waals surface area contributed by atoms with E-state index in [2.05, 4.69) is 35.7 Å². The van der Waals surface area contributed by atoms with E-state index >= 15 is 0 Å². The first-order valence-electron chi connectivity index (χ1n) is 10.6. The molecule has 0 aliphatic carbocycles. The second kappa shape index (κ2) is 10.4. The third-order valence-electron chi connectivity index (χ3n) is 5.12. The molecular weight excluding hydrogens is 427 g/mol. The van der Waals surface area contributed by atoms with E-state index in [0.29, 0.717) is 17.2 Å². The van der Waals surface area contributed by atoms with Crippen molar-refractivity contribution in [1.29, 1.82) is 0 Å². The molecule has 170 valence electrons. The summed E-state index contributed by atoms with van der Waals surface area (Å²) in [5.41, 5.74) is 3.66. The number of nitrogens with one attached hydrogen (secondary N) is 2. The van der Waals surface area contributed by atoms with Crippen LogP contribution < -0.4 is 15.6 Å². The second-order valence-corrected chi connectivity index (χ2v) is 7.50. The molecule has 1 saturated heterocycles. The van der Waals surface area contributed by atoms with Gasteiger partial charge in [0.15, 0.2) is 0 Å². The lowest BCUT2D eigenvalue weighted by atomic mass is 10.2. The van der Waals surface area contributed by atoms with E-state index < -0.39 is 4.92 Å². The van der Waals surface area contributed by atoms with E-state index in [1.807, 2.05) is 0 Å². The summed E-state index contributed by atoms with van der Waals surface area (Å²) >= 11 is 0. The molecule has 0 unspecified atom stereocenters. The quantitative estimate of drug-likeness (QED) is 0.307. The summed E-state index contributed by atoms with van der Waals surface area (Å²) in [6, 6.07) is 12.3. The van der Waals surface area contributed by atoms with E-state index in [-0.39, 0.29) is 23.4 Å². The number of rotatable bonds is 7. The predicted octanol–water partition coefficient (Wildman–Crippen LogP) is 4.49. The Morgan fingerprint density at radius 3 is 2.36 bits per heavy atom. The highest BCUT2D eigenvalue weighted by atomic mass is 19.1. The van der Waals surface area contributed by atoms with Gasteiger partial charge in [-0.2, -0.15) is 20.1 Å². The Balaban J connectivity index is 1.58. The van der Waals surface area contributed by atoms with Crippen LogP contribution in [0.25, 0.3) is 0 Å². The maximum atomic E-state index is 13.8. The van der Waals surface area contributed by atoms with Crippen LogP contribution in [0.3, 0.4) is 0 Å². The van der Waals surface area contributed by atoms with Crippen LogP contribution in [0.1, 0.15) is 31.2 Å². The van der Waals surface area contributed by atoms with Gasteiger partial charge >= 0.3 is 0 Å². The molecule has 0 bridgehead atoms. The van der Waals surface area contributed by atoms with Crippen LogP contribution in [0, 0.1) is 15.9 Å². The maximum Gasteiger partial charge on any atom is 0.269 e. The number of aromatic nitrogens is 3. The molecule has 2 aromatic carbocycles. The third kappa shape index (κ3) is 5.97. The van der Waals surface area contributed by atoms with Crippen molar-refractivity contribution in [3.8, 4) is 0 Å². The number of anilines is 4. The van der Waals surface area contributed by atoms with Gasteiger partial charge in [-0.3, -0.25) is 10.1 Å². The van der Waals surface area contributed by atoms with E-state index in [1.165, 1.54) is 24.4 Å². The van der Waals surface area contributed by atoms with Gasteiger partial charge in [0.2, 0.25) is 17.8 Å². The van der Waals surface area contributed by atoms with Crippen molar-refractivity contribution in [1.82, 2.24) is 15.0 Å². The number of nitrogens with zero attached hydrogens (tertiary/aromatic N) is 6. The SMILES string of the molecule is O=[N+]([O-])c1ccc(Nc2nc(NN=Cc3ccccc3F)nc(N3CCCCCC3)n2)cc1. The number of non-ortho nitro benzene ring substituents is 1. The van der Waals surface area contributed by atoms with Crippen LogP contribution in [0.4, 0.5) is 33.6 Å². The number of hydrogen-bond donors (Lipinski definition) is 2. The molecule has 1 aromatic heterocycles. The number of halogens is 1. The molecule has 11 heteroatoms. The third-order valence-corrected chi connectivity index (χ3v) is 5.12. The highest BCUT2D eigenvalue weighted by molar-refractivity contribution is 5.80. The Morgan fingerprint density at radius 2 is 1.67 bits per heavy atom. The van der Waals surface area contributed by atoms with Crippen molar-refractivity contribution in [2.45, 2.75) is 25.7 Å². The number of benzene rings is 2. The molecule has 4 rings (SSSR count). The van der Waals surface area contributed by atoms with Crippen molar-refractivity contribution in [2.75, 3.05) is 28.7 Å². The molecule has 33 heavy (non-hydrogen) atoms. The lowest BCUT2D eigenvalue weighted by Gasteiger charge is -2.21. The normalized spacial score (nSPS) is 14.2. The molecule has 2 heterocycles. The Kier molecular flexibility index (Phi) is 6.98. The van der Waals surface area contributed by atoms with Crippen molar-refractivity contribution >= 4 is 35.4 Å². The van der Waals surface area contributed by atoms with Gasteiger partial charge < -0.3 is 10.2 Å². The predicted molar refractivity (Wildman–Crippen MR) is 125 cm³/mol. The van der Waals surface area contributed by atoms with Gasteiger partial charge in [-0.1, -0.05) is 31.0 Å². The summed E-state index contributed by atoms with van der Waals surface area (Å²) in [4.78, 5) is 25.9. The summed E-state index contributed by atoms with van der Waals surface area (Å²) in [5.74, 6) is 0.576. The lowest BCUT2D eigenvalue weighted by Crippen LogP contribution is -2.26. The molecule has 0 radical (unpaired) electrons. The van der Waals surface area contributed by atoms with E-state index in [1.54, 1.807) is 30.3 Å². The minimum absolute atomic E-state index is 0.00807. The van der Waals surface area contributed by atoms with Crippen LogP contribution in [0.2, 0.25) is 0 Å². The van der Waals surface area contributed by atoms with Crippen LogP contribution in [0.15, 0.2) is 53.6 Å². The van der Waals surface area contributed by atoms with Crippen LogP contribution in [-0.4, -0.2) is 39.2 Å². The summed E-state index contributed by atoms with van der Waals surface area (Å²) in [6.07, 6.45) is 5.77. The van der Waals surface area contributed by atoms with Crippen LogP contribution >= 0.6 is 0 Å². The summed E-state index contributed by atoms with van der Waals surface area (Å²) < 4.78 is 13.8. The zero-order valence-corrected chi connectivity index (χ0v) is 17.8. The average Bonchev–Trinajstić information content (AvgIpc) is 3.10. The molecule has 1 fully saturated rings. The van der Waals surface area contributed by atoms with Gasteiger partial charge in [0, 0.05) is 36.5 Å². The maximum absolute atomic E-state index is 13.8. The topological polar surface area (TPSA) is 121 Å². The molecule has 1 aliphatic rings. The van der Waals surface area contributed by atoms with E-state index in [9.17, 15) is 14.5 Å². The Bertz CT molecular complexity index is 1130. The molecule has 3 aromatic rings. The monoisotopic (exact) mass is 450 g/mol. The van der Waals surface area contributed by atoms with Gasteiger partial charge in [-0.05, 0) is 31.0 Å². The van der Waals surface area contributed by atoms with Gasteiger partial charge in [0.25, 0.3) is 5.69 Å². The fourth-order valence-corrected chi connectivity index (χ4v) is 3.42. The average molecular weight is 450 g/mol. The number of nitro groups is 1. The number of hydrazone groups is 1. The highest BCUT2D eigenvalue weighted by Gasteiger charge is 2.16. The van der Waals surface area contributed by atoms with Crippen molar-refractivity contribution < 1.29 is 9.31 Å². The second-order valence-electron chi connectivity index (χ2n) is 7.50. The van der Waals surface area contributed by atoms with Gasteiger partial charge in [-0.25, -0.2) is 9.82 Å². The zero-order chi connectivity index (χ0) is 23.0. The van der Waals surface area contributed by atoms with E-state index in [0.717, 1.165) is 38.8 Å². The minimum atomic E-state index is -0.459. The first-order chi connectivity index (χ1) is 16.1. The highest BCUT2D eigenvalue weighted by Crippen LogP contribution is 2.22. The fourth-order valence-electron chi connectivity index (χ4n) is 3.42. The molecule has 10 nitrogen and oxygen atoms in total. The Labute approximate surface area is 189 Å². The molecule has 1 aliphatic heterocycles. The van der Waals surface area contributed by atoms with Gasteiger partial charge in [-0.15, -0.1) is 0 Å². The Morgan fingerprint density at radius 1 is 0.970 bits per heavy atom. The van der Waals surface area contributed by atoms with E-state index in [4.69, 9.17) is 0 Å². The van der Waals surface area contributed by atoms with Crippen molar-refractivity contribution in [3.05, 3.63) is 70.0 Å². The first kappa shape index (κ1) is 22.1. The molecule has 2 N–H and O–H groups in total. The van der Waals surface area contributed by atoms with Crippen molar-refractivity contribution in [3.63, 3.8) is 0 Å². The van der Waals surface area contributed by atoms with Gasteiger partial charge in [0.05, 0.1) is 11.1 Å². The van der Waals surface area contributed by atoms with Crippen molar-refractivity contribution in [2.24, 2.45) is 5.10 Å². The molecule has 0 amide bonds. The fraction of sp³-hybridized carbons (Fsp3) is 0.273. The summed E-state index contributed by atoms with van der Waals surface area (Å²) in [6.45, 7) is 1.66. The zero-order valence-electron chi connectivity index (χ0n) is 17.8. The number of hydrogen-bond acceptors (Lipinski definition) is 9. The largest absolute Gasteiger partial charge is 0.341 e. The van der Waals surface area contributed by atoms with Gasteiger partial charge in [0.1, 0.15) is 5.82 Å². The molecule has 0 spiro atoms. The molecular formula is C22H23FN8O2.